The zero-order chi connectivity index (χ0) is 48.2. The summed E-state index contributed by atoms with van der Waals surface area (Å²) in [6.45, 7) is 13.0. The van der Waals surface area contributed by atoms with E-state index >= 15 is 0 Å². The lowest BCUT2D eigenvalue weighted by molar-refractivity contribution is -0.266. The first-order valence-corrected chi connectivity index (χ1v) is 24.0. The molecule has 4 fully saturated rings. The van der Waals surface area contributed by atoms with Crippen molar-refractivity contribution >= 4 is 29.2 Å². The highest BCUT2D eigenvalue weighted by atomic mass is 16.6. The molecule has 4 aliphatic rings. The van der Waals surface area contributed by atoms with Gasteiger partial charge in [0.15, 0.2) is 11.6 Å². The van der Waals surface area contributed by atoms with Gasteiger partial charge in [-0.05, 0) is 94.1 Å². The van der Waals surface area contributed by atoms with Crippen molar-refractivity contribution in [2.24, 2.45) is 35.5 Å². The molecule has 0 bridgehead atoms. The molecule has 4 rings (SSSR count). The smallest absolute Gasteiger partial charge is 0.329 e. The Bertz CT molecular complexity index is 1760. The average molecular weight is 914 g/mol. The van der Waals surface area contributed by atoms with Crippen LogP contribution in [-0.4, -0.2) is 132 Å². The van der Waals surface area contributed by atoms with Crippen molar-refractivity contribution < 1.29 is 63.0 Å². The SMILES string of the molecule is CCC(=O)[C@H](OC)[C@H](O)C(C)C=C(C)C(=O)C[C@@H]1OC(=O)[C@@H]2C(CCCN2C(=O)C(=O)[C@]2(O)O[C@H](C[C@H](OC)C(C)=CC=CC=C[C@@H](C)CC)CC[C@H]2C)[C@@H]1C[C@@H]1CC[C@@H](O)[C@H](OC)C1. The highest BCUT2D eigenvalue weighted by molar-refractivity contribution is 6.39. The van der Waals surface area contributed by atoms with E-state index in [0.29, 0.717) is 69.3 Å². The Balaban J connectivity index is 1.56. The molecule has 14 heteroatoms. The van der Waals surface area contributed by atoms with Crippen molar-refractivity contribution in [2.75, 3.05) is 27.9 Å². The molecule has 366 valence electrons. The largest absolute Gasteiger partial charge is 0.460 e. The second-order valence-electron chi connectivity index (χ2n) is 19.2. The fraction of sp³-hybridized carbons (Fsp3) is 0.745. The number of piperidine rings is 1. The minimum atomic E-state index is -2.43. The molecule has 0 aromatic rings. The van der Waals surface area contributed by atoms with Crippen LogP contribution in [0, 0.1) is 35.5 Å². The standard InChI is InChI=1S/C51H79NO13/c1-11-30(3)17-14-13-15-18-31(4)42(61-8)28-36-22-20-34(7)51(60,65-36)48(57)49(58)52-24-16-19-37-38(26-35-21-23-40(54)44(27-35)62-9)43(64-50(59)45(37)52)29-41(55)32(5)25-33(6)46(56)47(63-10)39(53)12-2/h13-15,17-18,25,30,33-38,40,42-47,54,56,60H,11-12,16,19-24,26-29H2,1-10H3/t30-,33?,34+,35-,36-,37?,38-,40+,42-,43-,44+,45-,46+,47-,51+/m0/s1. The maximum atomic E-state index is 14.5. The molecule has 0 radical (unpaired) electrons. The molecule has 3 aliphatic heterocycles. The number of carbonyl (C=O) groups is 5. The molecule has 1 amide bonds. The first-order chi connectivity index (χ1) is 30.8. The lowest BCUT2D eigenvalue weighted by Gasteiger charge is -2.50. The number of cyclic esters (lactones) is 1. The number of nitrogens with zero attached hydrogens (tertiary/aromatic N) is 1. The maximum Gasteiger partial charge on any atom is 0.329 e. The van der Waals surface area contributed by atoms with Gasteiger partial charge in [-0.25, -0.2) is 4.79 Å². The minimum Gasteiger partial charge on any atom is -0.460 e. The molecule has 3 saturated heterocycles. The Morgan fingerprint density at radius 3 is 2.35 bits per heavy atom. The average Bonchev–Trinajstić information content (AvgIpc) is 3.29. The lowest BCUT2D eigenvalue weighted by Crippen LogP contribution is -2.65. The monoisotopic (exact) mass is 914 g/mol. The highest BCUT2D eigenvalue weighted by Gasteiger charge is 2.57. The van der Waals surface area contributed by atoms with Gasteiger partial charge in [0, 0.05) is 64.9 Å². The molecule has 14 nitrogen and oxygen atoms in total. The number of Topliss-reactive ketones (excluding diaryl/α,β-unsaturated/α-hetero) is 3. The summed E-state index contributed by atoms with van der Waals surface area (Å²) >= 11 is 0. The Morgan fingerprint density at radius 2 is 1.71 bits per heavy atom. The number of aliphatic hydroxyl groups is 3. The van der Waals surface area contributed by atoms with Gasteiger partial charge in [0.25, 0.3) is 11.7 Å². The number of fused-ring (bicyclic) bond motifs is 1. The van der Waals surface area contributed by atoms with Crippen molar-refractivity contribution in [1.82, 2.24) is 4.90 Å². The molecular weight excluding hydrogens is 835 g/mol. The fourth-order valence-corrected chi connectivity index (χ4v) is 10.3. The number of hydrogen-bond acceptors (Lipinski definition) is 13. The van der Waals surface area contributed by atoms with Gasteiger partial charge in [0.1, 0.15) is 18.2 Å². The summed E-state index contributed by atoms with van der Waals surface area (Å²) in [6, 6.07) is -1.13. The molecule has 0 spiro atoms. The fourth-order valence-electron chi connectivity index (χ4n) is 10.3. The van der Waals surface area contributed by atoms with Crippen LogP contribution in [0.1, 0.15) is 126 Å². The molecule has 1 aliphatic carbocycles. The summed E-state index contributed by atoms with van der Waals surface area (Å²) < 4.78 is 29.1. The van der Waals surface area contributed by atoms with E-state index in [1.165, 1.54) is 12.0 Å². The molecule has 2 unspecified atom stereocenters. The van der Waals surface area contributed by atoms with Crippen LogP contribution in [0.15, 0.2) is 47.6 Å². The van der Waals surface area contributed by atoms with Gasteiger partial charge in [-0.2, -0.15) is 0 Å². The van der Waals surface area contributed by atoms with E-state index in [1.807, 2.05) is 31.2 Å². The van der Waals surface area contributed by atoms with E-state index in [1.54, 1.807) is 48.0 Å². The number of esters is 1. The van der Waals surface area contributed by atoms with Crippen LogP contribution in [-0.2, 0) is 47.7 Å². The second kappa shape index (κ2) is 25.1. The van der Waals surface area contributed by atoms with Gasteiger partial charge in [0.2, 0.25) is 5.79 Å². The van der Waals surface area contributed by atoms with Crippen LogP contribution >= 0.6 is 0 Å². The Kier molecular flexibility index (Phi) is 21.0. The zero-order valence-corrected chi connectivity index (χ0v) is 40.6. The number of methoxy groups -OCH3 is 3. The van der Waals surface area contributed by atoms with Crippen LogP contribution in [0.3, 0.4) is 0 Å². The molecule has 15 atom stereocenters. The van der Waals surface area contributed by atoms with Crippen LogP contribution in [0.4, 0.5) is 0 Å². The summed E-state index contributed by atoms with van der Waals surface area (Å²) in [4.78, 5) is 70.6. The van der Waals surface area contributed by atoms with Crippen LogP contribution < -0.4 is 0 Å². The predicted octanol–water partition coefficient (Wildman–Crippen LogP) is 6.18. The van der Waals surface area contributed by atoms with Gasteiger partial charge in [-0.1, -0.05) is 77.5 Å². The number of likely N-dealkylation sites (tertiary alicyclic amines) is 1. The normalized spacial score (nSPS) is 32.7. The third kappa shape index (κ3) is 13.6. The molecule has 3 heterocycles. The third-order valence-corrected chi connectivity index (χ3v) is 14.7. The van der Waals surface area contributed by atoms with Crippen LogP contribution in [0.2, 0.25) is 0 Å². The van der Waals surface area contributed by atoms with E-state index < -0.39 is 83.7 Å². The van der Waals surface area contributed by atoms with Crippen molar-refractivity contribution in [3.05, 3.63) is 47.6 Å². The third-order valence-electron chi connectivity index (χ3n) is 14.7. The lowest BCUT2D eigenvalue weighted by atomic mass is 9.68. The number of allylic oxidation sites excluding steroid dienone is 6. The summed E-state index contributed by atoms with van der Waals surface area (Å²) in [7, 11) is 4.51. The number of ether oxygens (including phenoxy) is 5. The number of aliphatic hydroxyl groups excluding tert-OH is 2. The second-order valence-corrected chi connectivity index (χ2v) is 19.2. The van der Waals surface area contributed by atoms with E-state index in [0.717, 1.165) is 12.0 Å². The number of hydrogen-bond donors (Lipinski definition) is 3. The van der Waals surface area contributed by atoms with Gasteiger partial charge in [-0.15, -0.1) is 0 Å². The van der Waals surface area contributed by atoms with E-state index in [-0.39, 0.29) is 49.1 Å². The minimum absolute atomic E-state index is 0.0519. The quantitative estimate of drug-likeness (QED) is 0.0483. The number of ketones is 3. The van der Waals surface area contributed by atoms with Crippen molar-refractivity contribution in [1.29, 1.82) is 0 Å². The summed E-state index contributed by atoms with van der Waals surface area (Å²) in [6.07, 6.45) is 12.2. The van der Waals surface area contributed by atoms with Gasteiger partial charge in [0.05, 0.1) is 30.5 Å². The van der Waals surface area contributed by atoms with Gasteiger partial charge >= 0.3 is 5.97 Å². The topological polar surface area (TPSA) is 195 Å². The molecule has 3 N–H and O–H groups in total. The van der Waals surface area contributed by atoms with Crippen molar-refractivity contribution in [3.63, 3.8) is 0 Å². The van der Waals surface area contributed by atoms with E-state index in [2.05, 4.69) is 19.9 Å². The van der Waals surface area contributed by atoms with Gasteiger partial charge in [-0.3, -0.25) is 19.2 Å². The first kappa shape index (κ1) is 54.2. The first-order valence-electron chi connectivity index (χ1n) is 24.0. The van der Waals surface area contributed by atoms with E-state index in [4.69, 9.17) is 23.7 Å². The van der Waals surface area contributed by atoms with Crippen molar-refractivity contribution in [2.45, 2.75) is 180 Å². The zero-order valence-electron chi connectivity index (χ0n) is 40.6. The number of carbonyl (C=O) groups excluding carboxylic acids is 5. The van der Waals surface area contributed by atoms with Crippen LogP contribution in [0.25, 0.3) is 0 Å². The molecule has 0 aromatic carbocycles. The number of rotatable bonds is 22. The Hall–Kier alpha value is -3.37. The molecule has 1 saturated carbocycles. The summed E-state index contributed by atoms with van der Waals surface area (Å²) in [5.41, 5.74) is 1.26. The van der Waals surface area contributed by atoms with Gasteiger partial charge < -0.3 is 43.9 Å². The number of amides is 1. The Labute approximate surface area is 387 Å². The highest BCUT2D eigenvalue weighted by Crippen LogP contribution is 2.45. The molecular formula is C51H79NO13. The summed E-state index contributed by atoms with van der Waals surface area (Å²) in [5.74, 6) is -7.52. The van der Waals surface area contributed by atoms with E-state index in [9.17, 15) is 39.3 Å². The predicted molar refractivity (Wildman–Crippen MR) is 245 cm³/mol. The molecule has 65 heavy (non-hydrogen) atoms. The summed E-state index contributed by atoms with van der Waals surface area (Å²) in [5, 5.41) is 33.6. The van der Waals surface area contributed by atoms with Crippen molar-refractivity contribution in [3.8, 4) is 0 Å². The van der Waals surface area contributed by atoms with Crippen LogP contribution in [0.5, 0.6) is 0 Å². The maximum absolute atomic E-state index is 14.5. The Morgan fingerprint density at radius 1 is 0.985 bits per heavy atom. The molecule has 0 aromatic heterocycles.